The van der Waals surface area contributed by atoms with E-state index in [0.717, 1.165) is 46.2 Å². The topological polar surface area (TPSA) is 111 Å². The van der Waals surface area contributed by atoms with Crippen molar-refractivity contribution in [2.75, 3.05) is 25.1 Å². The summed E-state index contributed by atoms with van der Waals surface area (Å²) in [5, 5.41) is 6.64. The third-order valence-electron chi connectivity index (χ3n) is 5.40. The maximum Gasteiger partial charge on any atom is 0.341 e. The van der Waals surface area contributed by atoms with Gasteiger partial charge >= 0.3 is 11.9 Å². The Morgan fingerprint density at radius 3 is 2.60 bits per heavy atom. The summed E-state index contributed by atoms with van der Waals surface area (Å²) >= 11 is 8.86. The highest BCUT2D eigenvalue weighted by Crippen LogP contribution is 2.38. The molecule has 0 bridgehead atoms. The minimum absolute atomic E-state index is 0.229. The van der Waals surface area contributed by atoms with Crippen molar-refractivity contribution < 1.29 is 28.7 Å². The molecule has 11 heteroatoms. The van der Waals surface area contributed by atoms with Crippen LogP contribution in [0.5, 0.6) is 0 Å². The third kappa shape index (κ3) is 5.66. The molecule has 0 saturated heterocycles. The Labute approximate surface area is 214 Å². The molecule has 2 N–H and O–H groups in total. The summed E-state index contributed by atoms with van der Waals surface area (Å²) in [7, 11) is 0. The molecule has 0 radical (unpaired) electrons. The molecule has 0 spiro atoms. The van der Waals surface area contributed by atoms with Gasteiger partial charge < -0.3 is 20.1 Å². The number of benzene rings is 1. The Kier molecular flexibility index (Phi) is 8.04. The summed E-state index contributed by atoms with van der Waals surface area (Å²) in [5.41, 5.74) is 1.31. The molecule has 0 aliphatic heterocycles. The van der Waals surface area contributed by atoms with Gasteiger partial charge in [-0.25, -0.2) is 4.79 Å². The van der Waals surface area contributed by atoms with Gasteiger partial charge in [-0.3, -0.25) is 14.4 Å². The molecule has 0 unspecified atom stereocenters. The number of ether oxygens (including phenoxy) is 2. The van der Waals surface area contributed by atoms with Crippen LogP contribution in [0.25, 0.3) is 10.1 Å². The van der Waals surface area contributed by atoms with Crippen molar-refractivity contribution in [1.82, 2.24) is 5.32 Å². The van der Waals surface area contributed by atoms with Crippen molar-refractivity contribution >= 4 is 73.1 Å². The number of rotatable bonds is 8. The highest BCUT2D eigenvalue weighted by molar-refractivity contribution is 7.21. The van der Waals surface area contributed by atoms with Crippen LogP contribution >= 0.6 is 34.3 Å². The number of anilines is 1. The maximum atomic E-state index is 12.5. The van der Waals surface area contributed by atoms with E-state index < -0.39 is 36.9 Å². The summed E-state index contributed by atoms with van der Waals surface area (Å²) in [5.74, 6) is -2.33. The quantitative estimate of drug-likeness (QED) is 0.409. The van der Waals surface area contributed by atoms with Crippen LogP contribution in [0.15, 0.2) is 24.3 Å². The molecule has 1 aliphatic rings. The van der Waals surface area contributed by atoms with Crippen molar-refractivity contribution in [2.45, 2.75) is 32.6 Å². The zero-order chi connectivity index (χ0) is 24.9. The average molecular weight is 535 g/mol. The molecular formula is C24H23ClN2O6S2. The summed E-state index contributed by atoms with van der Waals surface area (Å²) in [6.07, 6.45) is 3.61. The predicted molar refractivity (Wildman–Crippen MR) is 136 cm³/mol. The molecule has 1 aromatic carbocycles. The van der Waals surface area contributed by atoms with Gasteiger partial charge in [0.25, 0.3) is 11.8 Å². The fourth-order valence-corrected chi connectivity index (χ4v) is 6.55. The van der Waals surface area contributed by atoms with Gasteiger partial charge in [-0.1, -0.05) is 29.8 Å². The fourth-order valence-electron chi connectivity index (χ4n) is 3.83. The van der Waals surface area contributed by atoms with Crippen LogP contribution < -0.4 is 10.6 Å². The lowest BCUT2D eigenvalue weighted by atomic mass is 9.95. The van der Waals surface area contributed by atoms with Gasteiger partial charge in [0.2, 0.25) is 0 Å². The SMILES string of the molecule is CCOC(=O)c1c(NC(=O)COC(=O)CNC(=O)c2sc3ccccc3c2Cl)sc2c1CCCC2. The molecule has 184 valence electrons. The van der Waals surface area contributed by atoms with Crippen molar-refractivity contribution in [3.05, 3.63) is 50.2 Å². The van der Waals surface area contributed by atoms with Crippen LogP contribution in [0.4, 0.5) is 5.00 Å². The number of carbonyl (C=O) groups excluding carboxylic acids is 4. The minimum atomic E-state index is -0.776. The second-order valence-electron chi connectivity index (χ2n) is 7.77. The molecule has 2 heterocycles. The first-order chi connectivity index (χ1) is 16.9. The first-order valence-corrected chi connectivity index (χ1v) is 13.1. The van der Waals surface area contributed by atoms with Crippen LogP contribution in [0, 0.1) is 0 Å². The number of fused-ring (bicyclic) bond motifs is 2. The molecular weight excluding hydrogens is 512 g/mol. The second kappa shape index (κ2) is 11.2. The molecule has 35 heavy (non-hydrogen) atoms. The zero-order valence-electron chi connectivity index (χ0n) is 18.9. The fraction of sp³-hybridized carbons (Fsp3) is 0.333. The second-order valence-corrected chi connectivity index (χ2v) is 10.3. The first kappa shape index (κ1) is 25.2. The Morgan fingerprint density at radius 2 is 1.83 bits per heavy atom. The summed E-state index contributed by atoms with van der Waals surface area (Å²) in [6, 6.07) is 7.34. The highest BCUT2D eigenvalue weighted by Gasteiger charge is 2.27. The largest absolute Gasteiger partial charge is 0.462 e. The van der Waals surface area contributed by atoms with Gasteiger partial charge in [-0.05, 0) is 44.2 Å². The van der Waals surface area contributed by atoms with Crippen molar-refractivity contribution in [2.24, 2.45) is 0 Å². The van der Waals surface area contributed by atoms with E-state index in [9.17, 15) is 19.2 Å². The van der Waals surface area contributed by atoms with E-state index in [4.69, 9.17) is 21.1 Å². The van der Waals surface area contributed by atoms with E-state index >= 15 is 0 Å². The molecule has 8 nitrogen and oxygen atoms in total. The van der Waals surface area contributed by atoms with Crippen LogP contribution in [0.1, 0.15) is 50.2 Å². The van der Waals surface area contributed by atoms with Crippen molar-refractivity contribution in [3.63, 3.8) is 0 Å². The lowest BCUT2D eigenvalue weighted by Crippen LogP contribution is -2.32. The molecule has 0 saturated carbocycles. The molecule has 3 aromatic rings. The Morgan fingerprint density at radius 1 is 1.06 bits per heavy atom. The molecule has 0 fully saturated rings. The summed E-state index contributed by atoms with van der Waals surface area (Å²) in [4.78, 5) is 50.8. The maximum absolute atomic E-state index is 12.5. The number of thiophene rings is 2. The number of hydrogen-bond donors (Lipinski definition) is 2. The highest BCUT2D eigenvalue weighted by atomic mass is 35.5. The molecule has 4 rings (SSSR count). The van der Waals surface area contributed by atoms with Crippen molar-refractivity contribution in [1.29, 1.82) is 0 Å². The molecule has 1 aliphatic carbocycles. The monoisotopic (exact) mass is 534 g/mol. The van der Waals surface area contributed by atoms with Gasteiger partial charge in [0, 0.05) is 15.0 Å². The van der Waals surface area contributed by atoms with E-state index in [1.54, 1.807) is 6.92 Å². The van der Waals surface area contributed by atoms with E-state index in [2.05, 4.69) is 10.6 Å². The third-order valence-corrected chi connectivity index (χ3v) is 8.28. The van der Waals surface area contributed by atoms with Gasteiger partial charge in [-0.2, -0.15) is 0 Å². The van der Waals surface area contributed by atoms with Crippen LogP contribution in [0.3, 0.4) is 0 Å². The Bertz CT molecular complexity index is 1300. The summed E-state index contributed by atoms with van der Waals surface area (Å²) in [6.45, 7) is 0.982. The number of nitrogens with one attached hydrogen (secondary N) is 2. The van der Waals surface area contributed by atoms with E-state index in [1.165, 1.54) is 22.7 Å². The van der Waals surface area contributed by atoms with Gasteiger partial charge in [-0.15, -0.1) is 22.7 Å². The number of carbonyl (C=O) groups is 4. The summed E-state index contributed by atoms with van der Waals surface area (Å²) < 4.78 is 11.0. The average Bonchev–Trinajstić information content (AvgIpc) is 3.38. The Balaban J connectivity index is 1.31. The molecule has 2 amide bonds. The number of hydrogen-bond acceptors (Lipinski definition) is 8. The number of esters is 2. The molecule has 2 aromatic heterocycles. The van der Waals surface area contributed by atoms with E-state index in [-0.39, 0.29) is 6.61 Å². The Hall–Kier alpha value is -2.95. The number of aryl methyl sites for hydroxylation is 1. The smallest absolute Gasteiger partial charge is 0.341 e. The van der Waals surface area contributed by atoms with Gasteiger partial charge in [0.05, 0.1) is 17.2 Å². The van der Waals surface area contributed by atoms with Crippen LogP contribution in [-0.4, -0.2) is 43.5 Å². The standard InChI is InChI=1S/C24H23ClN2O6S2/c1-2-32-24(31)19-13-7-3-5-9-15(13)35-23(19)27-17(28)12-33-18(29)11-26-22(30)21-20(25)14-8-4-6-10-16(14)34-21/h4,6,8,10H,2-3,5,7,9,11-12H2,1H3,(H,26,30)(H,27,28). The lowest BCUT2D eigenvalue weighted by Gasteiger charge is -2.12. The van der Waals surface area contributed by atoms with Crippen molar-refractivity contribution in [3.8, 4) is 0 Å². The lowest BCUT2D eigenvalue weighted by molar-refractivity contribution is -0.146. The van der Waals surface area contributed by atoms with E-state index in [1.807, 2.05) is 24.3 Å². The first-order valence-electron chi connectivity index (χ1n) is 11.1. The number of amides is 2. The normalized spacial score (nSPS) is 12.6. The van der Waals surface area contributed by atoms with Crippen LogP contribution in [-0.2, 0) is 31.9 Å². The molecule has 0 atom stereocenters. The zero-order valence-corrected chi connectivity index (χ0v) is 21.3. The van der Waals surface area contributed by atoms with Crippen LogP contribution in [0.2, 0.25) is 5.02 Å². The van der Waals surface area contributed by atoms with Gasteiger partial charge in [0.1, 0.15) is 16.4 Å². The van der Waals surface area contributed by atoms with Gasteiger partial charge in [0.15, 0.2) is 6.61 Å². The minimum Gasteiger partial charge on any atom is -0.462 e. The predicted octanol–water partition coefficient (Wildman–Crippen LogP) is 4.58. The van der Waals surface area contributed by atoms with E-state index in [0.29, 0.717) is 20.5 Å². The number of halogens is 1.